The number of benzene rings is 1. The van der Waals surface area contributed by atoms with Crippen molar-refractivity contribution in [1.82, 2.24) is 9.97 Å². The Labute approximate surface area is 134 Å². The van der Waals surface area contributed by atoms with E-state index in [1.54, 1.807) is 7.05 Å². The van der Waals surface area contributed by atoms with E-state index < -0.39 is 5.82 Å². The van der Waals surface area contributed by atoms with Gasteiger partial charge in [-0.05, 0) is 31.0 Å². The molecule has 0 fully saturated rings. The Bertz CT molecular complexity index is 705. The summed E-state index contributed by atoms with van der Waals surface area (Å²) in [5.74, 6) is -0.242. The number of carbonyl (C=O) groups is 1. The molecule has 0 atom stereocenters. The van der Waals surface area contributed by atoms with Gasteiger partial charge < -0.3 is 16.0 Å². The van der Waals surface area contributed by atoms with Gasteiger partial charge in [0, 0.05) is 13.5 Å². The van der Waals surface area contributed by atoms with Crippen molar-refractivity contribution in [2.75, 3.05) is 23.0 Å². The molecule has 1 amide bonds. The molecule has 7 heteroatoms. The number of hydrogen-bond donors (Lipinski definition) is 3. The summed E-state index contributed by atoms with van der Waals surface area (Å²) in [5, 5.41) is 8.53. The van der Waals surface area contributed by atoms with Crippen LogP contribution in [0.25, 0.3) is 0 Å². The SMILES string of the molecule is CCCC(=O)Nc1ccc(C)cc1Nc1ncc(F)c(NC)n1. The highest BCUT2D eigenvalue weighted by Gasteiger charge is 2.10. The van der Waals surface area contributed by atoms with Crippen LogP contribution < -0.4 is 16.0 Å². The molecule has 0 unspecified atom stereocenters. The number of rotatable bonds is 6. The lowest BCUT2D eigenvalue weighted by Gasteiger charge is -2.13. The van der Waals surface area contributed by atoms with Gasteiger partial charge in [0.1, 0.15) is 0 Å². The summed E-state index contributed by atoms with van der Waals surface area (Å²) in [6.07, 6.45) is 2.31. The number of aryl methyl sites for hydroxylation is 1. The second-order valence-corrected chi connectivity index (χ2v) is 5.11. The lowest BCUT2D eigenvalue weighted by Crippen LogP contribution is -2.12. The Kier molecular flexibility index (Phi) is 5.46. The fourth-order valence-electron chi connectivity index (χ4n) is 2.03. The molecule has 1 aromatic carbocycles. The fraction of sp³-hybridized carbons (Fsp3) is 0.312. The van der Waals surface area contributed by atoms with E-state index in [4.69, 9.17) is 0 Å². The van der Waals surface area contributed by atoms with Crippen molar-refractivity contribution >= 4 is 29.0 Å². The number of anilines is 4. The normalized spacial score (nSPS) is 10.3. The molecule has 2 aromatic rings. The Morgan fingerprint density at radius 2 is 2.09 bits per heavy atom. The zero-order valence-corrected chi connectivity index (χ0v) is 13.4. The number of carbonyl (C=O) groups excluding carboxylic acids is 1. The summed E-state index contributed by atoms with van der Waals surface area (Å²) >= 11 is 0. The van der Waals surface area contributed by atoms with Crippen molar-refractivity contribution in [3.05, 3.63) is 35.8 Å². The maximum atomic E-state index is 13.4. The van der Waals surface area contributed by atoms with Crippen molar-refractivity contribution in [1.29, 1.82) is 0 Å². The van der Waals surface area contributed by atoms with Crippen molar-refractivity contribution in [3.8, 4) is 0 Å². The first-order valence-electron chi connectivity index (χ1n) is 7.41. The average molecular weight is 317 g/mol. The van der Waals surface area contributed by atoms with Crippen LogP contribution in [-0.2, 0) is 4.79 Å². The summed E-state index contributed by atoms with van der Waals surface area (Å²) in [6.45, 7) is 3.88. The van der Waals surface area contributed by atoms with E-state index in [0.717, 1.165) is 18.2 Å². The van der Waals surface area contributed by atoms with Crippen LogP contribution in [0.2, 0.25) is 0 Å². The second-order valence-electron chi connectivity index (χ2n) is 5.11. The molecule has 6 nitrogen and oxygen atoms in total. The highest BCUT2D eigenvalue weighted by Crippen LogP contribution is 2.26. The Hall–Kier alpha value is -2.70. The van der Waals surface area contributed by atoms with Gasteiger partial charge >= 0.3 is 0 Å². The van der Waals surface area contributed by atoms with Crippen LogP contribution in [0.5, 0.6) is 0 Å². The third-order valence-corrected chi connectivity index (χ3v) is 3.15. The monoisotopic (exact) mass is 317 g/mol. The van der Waals surface area contributed by atoms with E-state index in [2.05, 4.69) is 25.9 Å². The molecule has 0 saturated carbocycles. The van der Waals surface area contributed by atoms with Gasteiger partial charge in [-0.3, -0.25) is 4.79 Å². The highest BCUT2D eigenvalue weighted by atomic mass is 19.1. The molecule has 1 aromatic heterocycles. The minimum atomic E-state index is -0.529. The lowest BCUT2D eigenvalue weighted by molar-refractivity contribution is -0.116. The highest BCUT2D eigenvalue weighted by molar-refractivity contribution is 5.94. The van der Waals surface area contributed by atoms with E-state index in [1.807, 2.05) is 32.0 Å². The zero-order valence-electron chi connectivity index (χ0n) is 13.4. The maximum absolute atomic E-state index is 13.4. The molecule has 1 heterocycles. The van der Waals surface area contributed by atoms with E-state index >= 15 is 0 Å². The summed E-state index contributed by atoms with van der Waals surface area (Å²) in [6, 6.07) is 5.58. The molecule has 2 rings (SSSR count). The molecule has 0 spiro atoms. The lowest BCUT2D eigenvalue weighted by atomic mass is 10.2. The second kappa shape index (κ2) is 7.53. The predicted molar refractivity (Wildman–Crippen MR) is 89.5 cm³/mol. The van der Waals surface area contributed by atoms with Crippen LogP contribution in [0.3, 0.4) is 0 Å². The quantitative estimate of drug-likeness (QED) is 0.760. The number of halogens is 1. The molecular weight excluding hydrogens is 297 g/mol. The Morgan fingerprint density at radius 1 is 1.30 bits per heavy atom. The smallest absolute Gasteiger partial charge is 0.229 e. The minimum absolute atomic E-state index is 0.0599. The number of hydrogen-bond acceptors (Lipinski definition) is 5. The largest absolute Gasteiger partial charge is 0.371 e. The van der Waals surface area contributed by atoms with Gasteiger partial charge in [-0.25, -0.2) is 9.37 Å². The fourth-order valence-corrected chi connectivity index (χ4v) is 2.03. The van der Waals surface area contributed by atoms with Gasteiger partial charge in [-0.1, -0.05) is 13.0 Å². The van der Waals surface area contributed by atoms with Gasteiger partial charge in [0.15, 0.2) is 11.6 Å². The van der Waals surface area contributed by atoms with Gasteiger partial charge in [-0.15, -0.1) is 0 Å². The first-order valence-corrected chi connectivity index (χ1v) is 7.41. The van der Waals surface area contributed by atoms with Crippen LogP contribution in [0.15, 0.2) is 24.4 Å². The molecule has 122 valence electrons. The van der Waals surface area contributed by atoms with Gasteiger partial charge in [0.25, 0.3) is 0 Å². The number of nitrogens with one attached hydrogen (secondary N) is 3. The zero-order chi connectivity index (χ0) is 16.8. The van der Waals surface area contributed by atoms with Crippen LogP contribution in [0.4, 0.5) is 27.5 Å². The minimum Gasteiger partial charge on any atom is -0.371 e. The average Bonchev–Trinajstić information content (AvgIpc) is 2.52. The van der Waals surface area contributed by atoms with Crippen LogP contribution in [-0.4, -0.2) is 22.9 Å². The molecule has 3 N–H and O–H groups in total. The predicted octanol–water partition coefficient (Wildman–Crippen LogP) is 3.45. The Balaban J connectivity index is 2.27. The van der Waals surface area contributed by atoms with Gasteiger partial charge in [0.2, 0.25) is 11.9 Å². The summed E-state index contributed by atoms with van der Waals surface area (Å²) in [4.78, 5) is 19.8. The standard InChI is InChI=1S/C16H20FN5O/c1-4-5-14(23)20-12-7-6-10(2)8-13(12)21-16-19-9-11(17)15(18-3)22-16/h6-9H,4-5H2,1-3H3,(H,20,23)(H2,18,19,21,22). The molecule has 0 aliphatic rings. The van der Waals surface area contributed by atoms with E-state index in [-0.39, 0.29) is 17.7 Å². The first-order chi connectivity index (χ1) is 11.0. The molecule has 23 heavy (non-hydrogen) atoms. The third-order valence-electron chi connectivity index (χ3n) is 3.15. The van der Waals surface area contributed by atoms with E-state index in [9.17, 15) is 9.18 Å². The summed E-state index contributed by atoms with van der Waals surface area (Å²) < 4.78 is 13.4. The van der Waals surface area contributed by atoms with E-state index in [1.165, 1.54) is 0 Å². The molecular formula is C16H20FN5O. The van der Waals surface area contributed by atoms with Crippen molar-refractivity contribution in [2.24, 2.45) is 0 Å². The molecule has 0 radical (unpaired) electrons. The topological polar surface area (TPSA) is 78.9 Å². The van der Waals surface area contributed by atoms with E-state index in [0.29, 0.717) is 17.8 Å². The first kappa shape index (κ1) is 16.7. The molecule has 0 aliphatic heterocycles. The molecule has 0 bridgehead atoms. The number of aromatic nitrogens is 2. The molecule has 0 aliphatic carbocycles. The van der Waals surface area contributed by atoms with Gasteiger partial charge in [0.05, 0.1) is 17.6 Å². The van der Waals surface area contributed by atoms with Crippen molar-refractivity contribution in [2.45, 2.75) is 26.7 Å². The number of amides is 1. The number of nitrogens with zero attached hydrogens (tertiary/aromatic N) is 2. The Morgan fingerprint density at radius 3 is 2.78 bits per heavy atom. The summed E-state index contributed by atoms with van der Waals surface area (Å²) in [5.41, 5.74) is 2.30. The van der Waals surface area contributed by atoms with Crippen LogP contribution in [0.1, 0.15) is 25.3 Å². The maximum Gasteiger partial charge on any atom is 0.229 e. The molecule has 0 saturated heterocycles. The van der Waals surface area contributed by atoms with Gasteiger partial charge in [-0.2, -0.15) is 4.98 Å². The van der Waals surface area contributed by atoms with Crippen LogP contribution >= 0.6 is 0 Å². The van der Waals surface area contributed by atoms with Crippen LogP contribution in [0, 0.1) is 12.7 Å². The third kappa shape index (κ3) is 4.38. The van der Waals surface area contributed by atoms with Crippen molar-refractivity contribution < 1.29 is 9.18 Å². The van der Waals surface area contributed by atoms with Crippen molar-refractivity contribution in [3.63, 3.8) is 0 Å². The summed E-state index contributed by atoms with van der Waals surface area (Å²) in [7, 11) is 1.58.